The summed E-state index contributed by atoms with van der Waals surface area (Å²) in [6.07, 6.45) is 0. The lowest BCUT2D eigenvalue weighted by molar-refractivity contribution is 0.0674. The number of benzene rings is 1. The van der Waals surface area contributed by atoms with Crippen LogP contribution in [0.4, 0.5) is 0 Å². The predicted octanol–water partition coefficient (Wildman–Crippen LogP) is 3.94. The van der Waals surface area contributed by atoms with E-state index in [1.807, 2.05) is 48.2 Å². The van der Waals surface area contributed by atoms with Gasteiger partial charge in [0, 0.05) is 25.8 Å². The van der Waals surface area contributed by atoms with Crippen molar-refractivity contribution >= 4 is 17.0 Å². The summed E-state index contributed by atoms with van der Waals surface area (Å²) in [6, 6.07) is 11.6. The van der Waals surface area contributed by atoms with Gasteiger partial charge in [0.05, 0.1) is 28.9 Å². The van der Waals surface area contributed by atoms with Crippen LogP contribution in [-0.4, -0.2) is 47.8 Å². The van der Waals surface area contributed by atoms with Crippen molar-refractivity contribution in [1.82, 2.24) is 15.0 Å². The van der Waals surface area contributed by atoms with E-state index < -0.39 is 0 Å². The molecule has 2 heterocycles. The first kappa shape index (κ1) is 19.0. The summed E-state index contributed by atoms with van der Waals surface area (Å²) in [5.41, 5.74) is 3.23. The van der Waals surface area contributed by atoms with Crippen molar-refractivity contribution in [2.45, 2.75) is 20.8 Å². The molecule has 142 valence electrons. The minimum atomic E-state index is -0.0587. The molecule has 0 saturated heterocycles. The first-order valence-corrected chi connectivity index (χ1v) is 9.12. The third-order valence-electron chi connectivity index (χ3n) is 4.36. The molecule has 27 heavy (non-hydrogen) atoms. The number of pyridine rings is 1. The van der Waals surface area contributed by atoms with Gasteiger partial charge >= 0.3 is 0 Å². The number of ether oxygens (including phenoxy) is 1. The zero-order chi connectivity index (χ0) is 19.4. The first-order valence-electron chi connectivity index (χ1n) is 9.12. The third kappa shape index (κ3) is 4.17. The second-order valence-electron chi connectivity index (χ2n) is 7.01. The number of carbonyl (C=O) groups is 1. The average Bonchev–Trinajstić information content (AvgIpc) is 3.05. The third-order valence-corrected chi connectivity index (χ3v) is 4.36. The number of aryl methyl sites for hydroxylation is 1. The van der Waals surface area contributed by atoms with Crippen molar-refractivity contribution in [2.75, 3.05) is 26.8 Å². The Hall–Kier alpha value is -2.73. The number of methoxy groups -OCH3 is 1. The highest BCUT2D eigenvalue weighted by atomic mass is 16.5. The Kier molecular flexibility index (Phi) is 5.86. The van der Waals surface area contributed by atoms with Crippen LogP contribution in [-0.2, 0) is 4.74 Å². The van der Waals surface area contributed by atoms with Crippen LogP contribution in [0.5, 0.6) is 0 Å². The molecule has 0 radical (unpaired) electrons. The van der Waals surface area contributed by atoms with Gasteiger partial charge in [-0.25, -0.2) is 4.98 Å². The Morgan fingerprint density at radius 3 is 2.67 bits per heavy atom. The van der Waals surface area contributed by atoms with Gasteiger partial charge in [-0.2, -0.15) is 0 Å². The number of hydrogen-bond acceptors (Lipinski definition) is 5. The molecule has 1 amide bonds. The fourth-order valence-corrected chi connectivity index (χ4v) is 3.11. The molecule has 0 bridgehead atoms. The standard InChI is InChI=1S/C21H25N3O3/c1-14(2)13-24(10-11-26-4)21(25)17-12-18(16-8-6-5-7-9-16)22-20-19(17)15(3)23-27-20/h5-9,12,14H,10-11,13H2,1-4H3. The van der Waals surface area contributed by atoms with Crippen molar-refractivity contribution in [2.24, 2.45) is 5.92 Å². The number of rotatable bonds is 7. The summed E-state index contributed by atoms with van der Waals surface area (Å²) in [6.45, 7) is 7.68. The van der Waals surface area contributed by atoms with Gasteiger partial charge in [-0.05, 0) is 18.9 Å². The van der Waals surface area contributed by atoms with Crippen molar-refractivity contribution < 1.29 is 14.1 Å². The van der Waals surface area contributed by atoms with Crippen LogP contribution in [0, 0.1) is 12.8 Å². The number of aromatic nitrogens is 2. The quantitative estimate of drug-likeness (QED) is 0.633. The van der Waals surface area contributed by atoms with Crippen LogP contribution >= 0.6 is 0 Å². The van der Waals surface area contributed by atoms with Gasteiger partial charge in [-0.3, -0.25) is 4.79 Å². The highest BCUT2D eigenvalue weighted by Crippen LogP contribution is 2.28. The number of carbonyl (C=O) groups excluding carboxylic acids is 1. The lowest BCUT2D eigenvalue weighted by atomic mass is 10.0. The Labute approximate surface area is 159 Å². The fraction of sp³-hybridized carbons (Fsp3) is 0.381. The molecule has 0 spiro atoms. The summed E-state index contributed by atoms with van der Waals surface area (Å²) in [5.74, 6) is 0.289. The van der Waals surface area contributed by atoms with Crippen LogP contribution < -0.4 is 0 Å². The fourth-order valence-electron chi connectivity index (χ4n) is 3.11. The van der Waals surface area contributed by atoms with Gasteiger partial charge in [-0.15, -0.1) is 0 Å². The molecular formula is C21H25N3O3. The monoisotopic (exact) mass is 367 g/mol. The SMILES string of the molecule is COCCN(CC(C)C)C(=O)c1cc(-c2ccccc2)nc2onc(C)c12. The van der Waals surface area contributed by atoms with Gasteiger partial charge in [-0.1, -0.05) is 49.3 Å². The second-order valence-corrected chi connectivity index (χ2v) is 7.01. The molecule has 0 aliphatic carbocycles. The Balaban J connectivity index is 2.10. The van der Waals surface area contributed by atoms with Crippen LogP contribution in [0.3, 0.4) is 0 Å². The molecule has 1 aromatic carbocycles. The van der Waals surface area contributed by atoms with Crippen molar-refractivity contribution in [3.63, 3.8) is 0 Å². The van der Waals surface area contributed by atoms with E-state index in [1.165, 1.54) is 0 Å². The molecular weight excluding hydrogens is 342 g/mol. The summed E-state index contributed by atoms with van der Waals surface area (Å²) in [7, 11) is 1.64. The zero-order valence-corrected chi connectivity index (χ0v) is 16.2. The van der Waals surface area contributed by atoms with Crippen LogP contribution in [0.15, 0.2) is 40.9 Å². The highest BCUT2D eigenvalue weighted by Gasteiger charge is 2.24. The van der Waals surface area contributed by atoms with Gasteiger partial charge in [0.15, 0.2) is 0 Å². The number of hydrogen-bond donors (Lipinski definition) is 0. The molecule has 0 saturated carbocycles. The molecule has 0 fully saturated rings. The van der Waals surface area contributed by atoms with E-state index >= 15 is 0 Å². The summed E-state index contributed by atoms with van der Waals surface area (Å²) < 4.78 is 10.6. The van der Waals surface area contributed by atoms with Gasteiger partial charge in [0.25, 0.3) is 11.6 Å². The molecule has 6 heteroatoms. The van der Waals surface area contributed by atoms with E-state index in [0.717, 1.165) is 5.56 Å². The van der Waals surface area contributed by atoms with E-state index in [9.17, 15) is 4.79 Å². The lowest BCUT2D eigenvalue weighted by Crippen LogP contribution is -2.37. The Morgan fingerprint density at radius 1 is 1.26 bits per heavy atom. The molecule has 2 aromatic heterocycles. The van der Waals surface area contributed by atoms with Crippen molar-refractivity contribution in [3.05, 3.63) is 47.7 Å². The normalized spacial score (nSPS) is 11.3. The predicted molar refractivity (Wildman–Crippen MR) is 105 cm³/mol. The molecule has 0 atom stereocenters. The van der Waals surface area contributed by atoms with E-state index in [2.05, 4.69) is 24.0 Å². The summed E-state index contributed by atoms with van der Waals surface area (Å²) >= 11 is 0. The largest absolute Gasteiger partial charge is 0.383 e. The zero-order valence-electron chi connectivity index (χ0n) is 16.2. The molecule has 6 nitrogen and oxygen atoms in total. The van der Waals surface area contributed by atoms with E-state index in [1.54, 1.807) is 7.11 Å². The minimum Gasteiger partial charge on any atom is -0.383 e. The summed E-state index contributed by atoms with van der Waals surface area (Å²) in [5, 5.41) is 4.70. The number of nitrogens with zero attached hydrogens (tertiary/aromatic N) is 3. The minimum absolute atomic E-state index is 0.0587. The van der Waals surface area contributed by atoms with Crippen LogP contribution in [0.25, 0.3) is 22.4 Å². The van der Waals surface area contributed by atoms with E-state index in [0.29, 0.717) is 53.7 Å². The highest BCUT2D eigenvalue weighted by molar-refractivity contribution is 6.07. The summed E-state index contributed by atoms with van der Waals surface area (Å²) in [4.78, 5) is 19.8. The molecule has 3 rings (SSSR count). The van der Waals surface area contributed by atoms with Gasteiger partial charge < -0.3 is 14.2 Å². The van der Waals surface area contributed by atoms with Gasteiger partial charge in [0.1, 0.15) is 0 Å². The maximum absolute atomic E-state index is 13.4. The lowest BCUT2D eigenvalue weighted by Gasteiger charge is -2.24. The molecule has 0 N–H and O–H groups in total. The topological polar surface area (TPSA) is 68.5 Å². The Bertz CT molecular complexity index is 919. The smallest absolute Gasteiger partial charge is 0.259 e. The molecule has 0 unspecified atom stereocenters. The second kappa shape index (κ2) is 8.31. The van der Waals surface area contributed by atoms with Crippen LogP contribution in [0.1, 0.15) is 29.9 Å². The maximum Gasteiger partial charge on any atom is 0.259 e. The molecule has 0 aliphatic heterocycles. The maximum atomic E-state index is 13.4. The van der Waals surface area contributed by atoms with Crippen molar-refractivity contribution in [1.29, 1.82) is 0 Å². The average molecular weight is 367 g/mol. The number of amides is 1. The van der Waals surface area contributed by atoms with Crippen LogP contribution in [0.2, 0.25) is 0 Å². The van der Waals surface area contributed by atoms with Gasteiger partial charge in [0.2, 0.25) is 0 Å². The van der Waals surface area contributed by atoms with E-state index in [4.69, 9.17) is 9.26 Å². The van der Waals surface area contributed by atoms with Crippen molar-refractivity contribution in [3.8, 4) is 11.3 Å². The first-order chi connectivity index (χ1) is 13.0. The van der Waals surface area contributed by atoms with E-state index in [-0.39, 0.29) is 5.91 Å². The molecule has 0 aliphatic rings. The number of fused-ring (bicyclic) bond motifs is 1. The molecule has 3 aromatic rings. The Morgan fingerprint density at radius 2 is 2.00 bits per heavy atom.